The molecule has 0 saturated carbocycles. The molecular weight excluding hydrogens is 652 g/mol. The van der Waals surface area contributed by atoms with E-state index in [0.717, 1.165) is 21.9 Å². The molecule has 15 heteroatoms. The highest BCUT2D eigenvalue weighted by molar-refractivity contribution is 5.96. The summed E-state index contributed by atoms with van der Waals surface area (Å²) in [5, 5.41) is 12.7. The van der Waals surface area contributed by atoms with Crippen LogP contribution in [0, 0.1) is 0 Å². The topological polar surface area (TPSA) is 253 Å². The zero-order valence-corrected chi connectivity index (χ0v) is 28.3. The summed E-state index contributed by atoms with van der Waals surface area (Å²) in [6, 6.07) is 17.9. The van der Waals surface area contributed by atoms with Crippen LogP contribution in [-0.2, 0) is 43.2 Å². The molecule has 1 aromatic heterocycles. The molecule has 0 fully saturated rings. The molecule has 3 aromatic carbocycles. The van der Waals surface area contributed by atoms with Gasteiger partial charge in [-0.3, -0.25) is 29.0 Å². The third kappa shape index (κ3) is 11.7. The third-order valence-electron chi connectivity index (χ3n) is 8.13. The van der Waals surface area contributed by atoms with Gasteiger partial charge >= 0.3 is 0 Å². The first kappa shape index (κ1) is 37.6. The number of nitrogens with two attached hydrogens (primary N) is 3. The monoisotopic (exact) mass is 696 g/mol. The maximum atomic E-state index is 14.0. The zero-order valence-electron chi connectivity index (χ0n) is 28.3. The molecule has 0 aliphatic heterocycles. The van der Waals surface area contributed by atoms with E-state index in [4.69, 9.17) is 17.2 Å². The molecule has 0 aliphatic rings. The van der Waals surface area contributed by atoms with Gasteiger partial charge in [-0.25, -0.2) is 4.98 Å². The number of fused-ring (bicyclic) bond motifs is 1. The van der Waals surface area contributed by atoms with Crippen LogP contribution in [0.3, 0.4) is 0 Å². The second-order valence-electron chi connectivity index (χ2n) is 12.1. The first-order valence-corrected chi connectivity index (χ1v) is 16.5. The summed E-state index contributed by atoms with van der Waals surface area (Å²) in [5.74, 6) is -3.26. The Morgan fingerprint density at radius 1 is 0.725 bits per heavy atom. The minimum Gasteiger partial charge on any atom is -0.370 e. The number of amides is 5. The molecule has 0 spiro atoms. The summed E-state index contributed by atoms with van der Waals surface area (Å²) in [4.78, 5) is 76.9. The van der Waals surface area contributed by atoms with Crippen LogP contribution in [0.5, 0.6) is 0 Å². The highest BCUT2D eigenvalue weighted by Crippen LogP contribution is 2.20. The number of imidazole rings is 1. The fourth-order valence-corrected chi connectivity index (χ4v) is 5.63. The van der Waals surface area contributed by atoms with E-state index in [1.54, 1.807) is 24.3 Å². The van der Waals surface area contributed by atoms with Crippen LogP contribution >= 0.6 is 0 Å². The van der Waals surface area contributed by atoms with Crippen molar-refractivity contribution >= 4 is 46.3 Å². The fourth-order valence-electron chi connectivity index (χ4n) is 5.63. The number of guanidine groups is 1. The molecule has 1 heterocycles. The Kier molecular flexibility index (Phi) is 13.6. The van der Waals surface area contributed by atoms with E-state index in [1.807, 2.05) is 48.5 Å². The van der Waals surface area contributed by atoms with Crippen LogP contribution in [0.2, 0.25) is 0 Å². The molecule has 268 valence electrons. The minimum atomic E-state index is -1.16. The van der Waals surface area contributed by atoms with Crippen LogP contribution in [0.4, 0.5) is 0 Å². The van der Waals surface area contributed by atoms with Gasteiger partial charge in [-0.05, 0) is 34.7 Å². The molecule has 0 saturated heterocycles. The number of carbonyl (C=O) groups is 5. The number of aromatic nitrogens is 2. The molecule has 15 nitrogen and oxygen atoms in total. The Hall–Kier alpha value is -6.25. The number of aromatic amines is 1. The molecule has 0 radical (unpaired) electrons. The number of nitrogens with zero attached hydrogens (tertiary/aromatic N) is 2. The van der Waals surface area contributed by atoms with Gasteiger partial charge in [0.15, 0.2) is 5.96 Å². The Morgan fingerprint density at radius 2 is 1.35 bits per heavy atom. The minimum absolute atomic E-state index is 0.0720. The van der Waals surface area contributed by atoms with E-state index in [-0.39, 0.29) is 38.2 Å². The molecule has 4 atom stereocenters. The number of aliphatic imine (C=N–C) groups is 1. The number of benzene rings is 3. The van der Waals surface area contributed by atoms with E-state index in [1.165, 1.54) is 19.4 Å². The normalized spacial score (nSPS) is 13.2. The van der Waals surface area contributed by atoms with Crippen molar-refractivity contribution in [2.75, 3.05) is 6.54 Å². The molecule has 11 N–H and O–H groups in total. The molecule has 0 aliphatic carbocycles. The molecule has 5 amide bonds. The maximum Gasteiger partial charge on any atom is 0.243 e. The highest BCUT2D eigenvalue weighted by atomic mass is 16.2. The predicted molar refractivity (Wildman–Crippen MR) is 193 cm³/mol. The Balaban J connectivity index is 1.56. The molecule has 0 bridgehead atoms. The van der Waals surface area contributed by atoms with Crippen molar-refractivity contribution < 1.29 is 24.0 Å². The van der Waals surface area contributed by atoms with Crippen molar-refractivity contribution in [2.24, 2.45) is 22.2 Å². The number of primary amides is 1. The van der Waals surface area contributed by atoms with Crippen molar-refractivity contribution in [3.8, 4) is 0 Å². The van der Waals surface area contributed by atoms with Crippen molar-refractivity contribution in [1.82, 2.24) is 31.2 Å². The van der Waals surface area contributed by atoms with E-state index in [0.29, 0.717) is 12.1 Å². The van der Waals surface area contributed by atoms with Gasteiger partial charge in [0.1, 0.15) is 24.2 Å². The average molecular weight is 697 g/mol. The van der Waals surface area contributed by atoms with E-state index < -0.39 is 53.7 Å². The lowest BCUT2D eigenvalue weighted by Gasteiger charge is -2.26. The van der Waals surface area contributed by atoms with Crippen LogP contribution in [0.15, 0.2) is 90.3 Å². The summed E-state index contributed by atoms with van der Waals surface area (Å²) in [6.45, 7) is 1.46. The quantitative estimate of drug-likeness (QED) is 0.0401. The zero-order chi connectivity index (χ0) is 36.8. The Bertz CT molecular complexity index is 1820. The molecule has 51 heavy (non-hydrogen) atoms. The van der Waals surface area contributed by atoms with Gasteiger partial charge in [-0.2, -0.15) is 0 Å². The van der Waals surface area contributed by atoms with Gasteiger partial charge in [-0.1, -0.05) is 72.8 Å². The Morgan fingerprint density at radius 3 is 2.02 bits per heavy atom. The summed E-state index contributed by atoms with van der Waals surface area (Å²) in [7, 11) is 0. The first-order chi connectivity index (χ1) is 24.5. The number of nitrogens with one attached hydrogen (secondary N) is 5. The smallest absolute Gasteiger partial charge is 0.243 e. The van der Waals surface area contributed by atoms with Crippen molar-refractivity contribution in [1.29, 1.82) is 0 Å². The maximum absolute atomic E-state index is 14.0. The van der Waals surface area contributed by atoms with Gasteiger partial charge in [0.05, 0.1) is 6.33 Å². The lowest BCUT2D eigenvalue weighted by atomic mass is 9.98. The summed E-state index contributed by atoms with van der Waals surface area (Å²) in [6.07, 6.45) is 3.65. The standard InChI is InChI=1S/C36H44N10O5/c1-22(47)43-31(19-26-20-40-21-42-26)35(51)46-30(17-23-9-3-2-4-10-23)34(50)44-28(15-8-16-41-36(38)39)33(49)45-29(32(37)48)18-25-13-7-12-24-11-5-6-14-27(24)25/h2-7,9-14,20-21,28-31H,8,15-19H2,1H3,(H2,37,48)(H,40,42)(H,43,47)(H,44,50)(H,45,49)(H,46,51)(H4,38,39,41)/t28-,29-,30+,31-/m0/s1. The largest absolute Gasteiger partial charge is 0.370 e. The van der Waals surface area contributed by atoms with Crippen LogP contribution < -0.4 is 38.5 Å². The Labute approximate surface area is 295 Å². The molecule has 4 aromatic rings. The van der Waals surface area contributed by atoms with Gasteiger partial charge in [0.25, 0.3) is 0 Å². The van der Waals surface area contributed by atoms with Crippen molar-refractivity contribution in [3.63, 3.8) is 0 Å². The SMILES string of the molecule is CC(=O)N[C@@H](Cc1cnc[nH]1)C(=O)N[C@H](Cc1ccccc1)C(=O)N[C@@H](CCCN=C(N)N)C(=O)N[C@@H](Cc1cccc2ccccc12)C(N)=O. The van der Waals surface area contributed by atoms with Crippen LogP contribution in [0.1, 0.15) is 36.6 Å². The first-order valence-electron chi connectivity index (χ1n) is 16.5. The van der Waals surface area contributed by atoms with Crippen molar-refractivity contribution in [2.45, 2.75) is 63.2 Å². The second kappa shape index (κ2) is 18.5. The lowest BCUT2D eigenvalue weighted by Crippen LogP contribution is -2.59. The van der Waals surface area contributed by atoms with Crippen LogP contribution in [-0.4, -0.2) is 76.2 Å². The number of H-pyrrole nitrogens is 1. The number of carbonyl (C=O) groups excluding carboxylic acids is 5. The summed E-state index contributed by atoms with van der Waals surface area (Å²) >= 11 is 0. The predicted octanol–water partition coefficient (Wildman–Crippen LogP) is 0.0888. The van der Waals surface area contributed by atoms with Gasteiger partial charge < -0.3 is 43.5 Å². The van der Waals surface area contributed by atoms with E-state index >= 15 is 0 Å². The molecule has 0 unspecified atom stereocenters. The number of rotatable bonds is 18. The summed E-state index contributed by atoms with van der Waals surface area (Å²) in [5.41, 5.74) is 18.8. The van der Waals surface area contributed by atoms with Gasteiger partial charge in [0, 0.05) is 44.6 Å². The molecule has 4 rings (SSSR count). The summed E-state index contributed by atoms with van der Waals surface area (Å²) < 4.78 is 0. The van der Waals surface area contributed by atoms with E-state index in [2.05, 4.69) is 36.2 Å². The molecular formula is C36H44N10O5. The number of hydrogen-bond acceptors (Lipinski definition) is 7. The average Bonchev–Trinajstić information content (AvgIpc) is 3.62. The second-order valence-corrected chi connectivity index (χ2v) is 12.1. The van der Waals surface area contributed by atoms with Crippen molar-refractivity contribution in [3.05, 3.63) is 102 Å². The van der Waals surface area contributed by atoms with Gasteiger partial charge in [-0.15, -0.1) is 0 Å². The fraction of sp³-hybridized carbons (Fsp3) is 0.306. The number of hydrogen-bond donors (Lipinski definition) is 8. The third-order valence-corrected chi connectivity index (χ3v) is 8.13. The van der Waals surface area contributed by atoms with Crippen LogP contribution in [0.25, 0.3) is 10.8 Å². The van der Waals surface area contributed by atoms with Gasteiger partial charge in [0.2, 0.25) is 29.5 Å². The highest BCUT2D eigenvalue weighted by Gasteiger charge is 2.31. The van der Waals surface area contributed by atoms with E-state index in [9.17, 15) is 24.0 Å². The lowest BCUT2D eigenvalue weighted by molar-refractivity contribution is -0.134.